The number of nitrogens with zero attached hydrogens (tertiary/aromatic N) is 1. The van der Waals surface area contributed by atoms with E-state index in [0.717, 1.165) is 11.5 Å². The van der Waals surface area contributed by atoms with Gasteiger partial charge in [0, 0.05) is 0 Å². The second-order valence-electron chi connectivity index (χ2n) is 2.10. The largest absolute Gasteiger partial charge is 0.443 e. The first-order valence-electron chi connectivity index (χ1n) is 4.57. The third kappa shape index (κ3) is 3.74. The fraction of sp³-hybridized carbons (Fsp3) is 0.364. The highest BCUT2D eigenvalue weighted by Crippen LogP contribution is 2.10. The molecule has 0 aliphatic rings. The van der Waals surface area contributed by atoms with Crippen molar-refractivity contribution >= 4 is 12.2 Å². The summed E-state index contributed by atoms with van der Waals surface area (Å²) in [5, 5.41) is 0. The zero-order chi connectivity index (χ0) is 10.1. The predicted octanol–water partition coefficient (Wildman–Crippen LogP) is 3.77. The van der Waals surface area contributed by atoms with Crippen LogP contribution in [0, 0.1) is 0 Å². The number of rotatable bonds is 2. The van der Waals surface area contributed by atoms with E-state index < -0.39 is 0 Å². The van der Waals surface area contributed by atoms with E-state index in [1.54, 1.807) is 0 Å². The number of aromatic nitrogens is 1. The van der Waals surface area contributed by atoms with Crippen LogP contribution in [0.2, 0.25) is 0 Å². The highest BCUT2D eigenvalue weighted by atomic mass is 16.3. The molecule has 0 saturated heterocycles. The van der Waals surface area contributed by atoms with Gasteiger partial charge in [0.2, 0.25) is 0 Å². The lowest BCUT2D eigenvalue weighted by molar-refractivity contribution is 0.548. The summed E-state index contributed by atoms with van der Waals surface area (Å²) in [4.78, 5) is 4.02. The van der Waals surface area contributed by atoms with Crippen molar-refractivity contribution in [2.24, 2.45) is 0 Å². The second kappa shape index (κ2) is 7.35. The predicted molar refractivity (Wildman–Crippen MR) is 57.3 cm³/mol. The molecule has 0 saturated carbocycles. The van der Waals surface area contributed by atoms with E-state index in [-0.39, 0.29) is 0 Å². The lowest BCUT2D eigenvalue weighted by Crippen LogP contribution is -1.73. The van der Waals surface area contributed by atoms with Crippen LogP contribution in [0.15, 0.2) is 23.0 Å². The van der Waals surface area contributed by atoms with Gasteiger partial charge in [0.1, 0.15) is 5.69 Å². The van der Waals surface area contributed by atoms with Crippen LogP contribution >= 0.6 is 0 Å². The van der Waals surface area contributed by atoms with Gasteiger partial charge in [-0.1, -0.05) is 26.0 Å². The van der Waals surface area contributed by atoms with E-state index in [4.69, 9.17) is 4.42 Å². The third-order valence-electron chi connectivity index (χ3n) is 1.27. The monoisotopic (exact) mass is 179 g/mol. The van der Waals surface area contributed by atoms with Gasteiger partial charge in [-0.2, -0.15) is 0 Å². The summed E-state index contributed by atoms with van der Waals surface area (Å²) >= 11 is 0. The Labute approximate surface area is 80.0 Å². The van der Waals surface area contributed by atoms with E-state index in [0.29, 0.717) is 0 Å². The number of oxazole rings is 1. The molecule has 1 aromatic rings. The molecular formula is C11H17NO. The van der Waals surface area contributed by atoms with Gasteiger partial charge in [-0.25, -0.2) is 4.98 Å². The van der Waals surface area contributed by atoms with Crippen molar-refractivity contribution in [3.05, 3.63) is 30.0 Å². The number of hydrogen-bond donors (Lipinski definition) is 0. The highest BCUT2D eigenvalue weighted by molar-refractivity contribution is 5.57. The van der Waals surface area contributed by atoms with Gasteiger partial charge in [-0.15, -0.1) is 0 Å². The van der Waals surface area contributed by atoms with Crippen LogP contribution in [0.3, 0.4) is 0 Å². The summed E-state index contributed by atoms with van der Waals surface area (Å²) < 4.78 is 5.11. The molecule has 0 fully saturated rings. The van der Waals surface area contributed by atoms with E-state index in [1.165, 1.54) is 6.39 Å². The fourth-order valence-electron chi connectivity index (χ4n) is 0.823. The Balaban J connectivity index is 0.000000671. The summed E-state index contributed by atoms with van der Waals surface area (Å²) in [5.74, 6) is 0.811. The molecule has 0 unspecified atom stereocenters. The van der Waals surface area contributed by atoms with Gasteiger partial charge < -0.3 is 4.42 Å². The Hall–Kier alpha value is -1.31. The summed E-state index contributed by atoms with van der Waals surface area (Å²) in [5.41, 5.74) is 0.880. The molecule has 2 heteroatoms. The minimum atomic E-state index is 0.811. The lowest BCUT2D eigenvalue weighted by Gasteiger charge is -1.84. The minimum absolute atomic E-state index is 0.811. The van der Waals surface area contributed by atoms with Gasteiger partial charge in [0.05, 0.1) is 0 Å². The van der Waals surface area contributed by atoms with Gasteiger partial charge >= 0.3 is 0 Å². The van der Waals surface area contributed by atoms with Crippen molar-refractivity contribution in [1.82, 2.24) is 4.98 Å². The Morgan fingerprint density at radius 1 is 1.15 bits per heavy atom. The standard InChI is InChI=1S/C9H11NO.C2H6/c1-3-5-8-9(6-4-2)11-7-10-8;1-2/h3-7H,1-2H3;1-2H3/b5-3-,6-4-;. The molecule has 2 nitrogen and oxygen atoms in total. The first-order chi connectivity index (χ1) is 6.38. The summed E-state index contributed by atoms with van der Waals surface area (Å²) in [7, 11) is 0. The average Bonchev–Trinajstić information content (AvgIpc) is 2.58. The van der Waals surface area contributed by atoms with Crippen molar-refractivity contribution in [3.63, 3.8) is 0 Å². The molecule has 1 heterocycles. The zero-order valence-electron chi connectivity index (χ0n) is 8.74. The smallest absolute Gasteiger partial charge is 0.181 e. The molecule has 1 rings (SSSR count). The van der Waals surface area contributed by atoms with Crippen LogP contribution in [0.25, 0.3) is 12.2 Å². The van der Waals surface area contributed by atoms with Crippen LogP contribution in [-0.4, -0.2) is 4.98 Å². The first kappa shape index (κ1) is 11.7. The molecule has 0 N–H and O–H groups in total. The van der Waals surface area contributed by atoms with Gasteiger partial charge in [-0.3, -0.25) is 0 Å². The average molecular weight is 179 g/mol. The molecule has 0 aromatic carbocycles. The second-order valence-corrected chi connectivity index (χ2v) is 2.10. The van der Waals surface area contributed by atoms with Crippen LogP contribution in [0.1, 0.15) is 39.1 Å². The SMILES string of the molecule is C/C=C\c1ncoc1/C=C\C.CC. The van der Waals surface area contributed by atoms with Crippen LogP contribution in [0.4, 0.5) is 0 Å². The molecule has 0 atom stereocenters. The first-order valence-corrected chi connectivity index (χ1v) is 4.57. The van der Waals surface area contributed by atoms with Crippen molar-refractivity contribution in [2.75, 3.05) is 0 Å². The summed E-state index contributed by atoms with van der Waals surface area (Å²) in [6.45, 7) is 7.90. The third-order valence-corrected chi connectivity index (χ3v) is 1.27. The maximum Gasteiger partial charge on any atom is 0.181 e. The normalized spacial score (nSPS) is 10.5. The molecule has 1 aromatic heterocycles. The van der Waals surface area contributed by atoms with E-state index >= 15 is 0 Å². The molecule has 72 valence electrons. The molecule has 0 aliphatic heterocycles. The number of allylic oxidation sites excluding steroid dienone is 2. The molecule has 0 spiro atoms. The summed E-state index contributed by atoms with van der Waals surface area (Å²) in [6, 6.07) is 0. The fourth-order valence-corrected chi connectivity index (χ4v) is 0.823. The summed E-state index contributed by atoms with van der Waals surface area (Å²) in [6.07, 6.45) is 9.12. The quantitative estimate of drug-likeness (QED) is 0.690. The Bertz CT molecular complexity index is 245. The van der Waals surface area contributed by atoms with Crippen molar-refractivity contribution in [2.45, 2.75) is 27.7 Å². The van der Waals surface area contributed by atoms with Gasteiger partial charge in [-0.05, 0) is 26.0 Å². The van der Waals surface area contributed by atoms with Gasteiger partial charge in [0.15, 0.2) is 12.2 Å². The Kier molecular flexibility index (Phi) is 6.60. The Morgan fingerprint density at radius 2 is 1.77 bits per heavy atom. The van der Waals surface area contributed by atoms with Crippen LogP contribution in [0.5, 0.6) is 0 Å². The topological polar surface area (TPSA) is 26.0 Å². The minimum Gasteiger partial charge on any atom is -0.443 e. The van der Waals surface area contributed by atoms with E-state index in [9.17, 15) is 0 Å². The van der Waals surface area contributed by atoms with Crippen molar-refractivity contribution in [1.29, 1.82) is 0 Å². The van der Waals surface area contributed by atoms with E-state index in [2.05, 4.69) is 4.98 Å². The number of hydrogen-bond acceptors (Lipinski definition) is 2. The molecular weight excluding hydrogens is 162 g/mol. The van der Waals surface area contributed by atoms with Gasteiger partial charge in [0.25, 0.3) is 0 Å². The molecule has 0 bridgehead atoms. The van der Waals surface area contributed by atoms with Crippen LogP contribution < -0.4 is 0 Å². The van der Waals surface area contributed by atoms with Crippen molar-refractivity contribution in [3.8, 4) is 0 Å². The highest BCUT2D eigenvalue weighted by Gasteiger charge is 1.98. The maximum absolute atomic E-state index is 5.11. The lowest BCUT2D eigenvalue weighted by atomic mass is 10.3. The van der Waals surface area contributed by atoms with E-state index in [1.807, 2.05) is 52.0 Å². The van der Waals surface area contributed by atoms with Crippen molar-refractivity contribution < 1.29 is 4.42 Å². The molecule has 13 heavy (non-hydrogen) atoms. The van der Waals surface area contributed by atoms with Crippen LogP contribution in [-0.2, 0) is 0 Å². The Morgan fingerprint density at radius 3 is 2.31 bits per heavy atom. The maximum atomic E-state index is 5.11. The molecule has 0 aliphatic carbocycles. The molecule has 0 amide bonds. The molecule has 0 radical (unpaired) electrons. The zero-order valence-corrected chi connectivity index (χ0v) is 8.74.